The Bertz CT molecular complexity index is 455. The van der Waals surface area contributed by atoms with E-state index in [4.69, 9.17) is 9.05 Å². The Balaban J connectivity index is 2.51. The average Bonchev–Trinajstić information content (AvgIpc) is 2.57. The molecule has 0 radical (unpaired) electrons. The summed E-state index contributed by atoms with van der Waals surface area (Å²) in [6, 6.07) is 10.00. The zero-order valence-electron chi connectivity index (χ0n) is 14.6. The van der Waals surface area contributed by atoms with Gasteiger partial charge in [0.25, 0.3) is 0 Å². The molecule has 1 rings (SSSR count). The number of unbranched alkanes of at least 4 members (excludes halogenated alkanes) is 4. The maximum atomic E-state index is 12.8. The van der Waals surface area contributed by atoms with Crippen LogP contribution < -0.4 is 0 Å². The Morgan fingerprint density at radius 1 is 0.913 bits per heavy atom. The Labute approximate surface area is 141 Å². The molecule has 0 aromatic heterocycles. The second-order valence-electron chi connectivity index (χ2n) is 5.69. The summed E-state index contributed by atoms with van der Waals surface area (Å²) in [4.78, 5) is 0. The van der Waals surface area contributed by atoms with Crippen LogP contribution in [0.15, 0.2) is 36.4 Å². The van der Waals surface area contributed by atoms with Gasteiger partial charge in [0.15, 0.2) is 0 Å². The lowest BCUT2D eigenvalue weighted by atomic mass is 10.2. The van der Waals surface area contributed by atoms with Crippen LogP contribution in [0.2, 0.25) is 0 Å². The molecule has 1 aromatic rings. The second-order valence-corrected chi connectivity index (χ2v) is 7.79. The van der Waals surface area contributed by atoms with E-state index in [0.717, 1.165) is 44.1 Å². The first-order chi connectivity index (χ1) is 11.2. The van der Waals surface area contributed by atoms with Crippen molar-refractivity contribution in [2.24, 2.45) is 0 Å². The molecule has 3 nitrogen and oxygen atoms in total. The number of allylic oxidation sites excluding steroid dienone is 1. The third-order valence-corrected chi connectivity index (χ3v) is 5.32. The van der Waals surface area contributed by atoms with Crippen molar-refractivity contribution in [3.05, 3.63) is 42.0 Å². The lowest BCUT2D eigenvalue weighted by molar-refractivity contribution is 0.200. The van der Waals surface area contributed by atoms with Crippen molar-refractivity contribution in [3.8, 4) is 0 Å². The fourth-order valence-electron chi connectivity index (χ4n) is 2.14. The number of rotatable bonds is 13. The Kier molecular flexibility index (Phi) is 11.0. The minimum Gasteiger partial charge on any atom is -0.308 e. The van der Waals surface area contributed by atoms with E-state index >= 15 is 0 Å². The molecule has 1 aromatic carbocycles. The Hall–Kier alpha value is -0.890. The van der Waals surface area contributed by atoms with E-state index in [1.54, 1.807) is 0 Å². The van der Waals surface area contributed by atoms with Crippen molar-refractivity contribution in [2.75, 3.05) is 19.4 Å². The van der Waals surface area contributed by atoms with E-state index < -0.39 is 7.60 Å². The van der Waals surface area contributed by atoms with Gasteiger partial charge in [-0.25, -0.2) is 0 Å². The Morgan fingerprint density at radius 3 is 2.00 bits per heavy atom. The highest BCUT2D eigenvalue weighted by Gasteiger charge is 2.22. The zero-order valence-corrected chi connectivity index (χ0v) is 15.5. The van der Waals surface area contributed by atoms with Crippen molar-refractivity contribution in [1.82, 2.24) is 0 Å². The molecule has 23 heavy (non-hydrogen) atoms. The molecule has 0 atom stereocenters. The highest BCUT2D eigenvalue weighted by molar-refractivity contribution is 7.54. The summed E-state index contributed by atoms with van der Waals surface area (Å²) >= 11 is 0. The molecular weight excluding hydrogens is 307 g/mol. The summed E-state index contributed by atoms with van der Waals surface area (Å²) in [5.74, 6) is 0. The van der Waals surface area contributed by atoms with Gasteiger partial charge in [0, 0.05) is 0 Å². The third-order valence-electron chi connectivity index (χ3n) is 3.51. The summed E-state index contributed by atoms with van der Waals surface area (Å²) < 4.78 is 24.1. The van der Waals surface area contributed by atoms with Crippen LogP contribution in [-0.2, 0) is 13.6 Å². The molecule has 0 unspecified atom stereocenters. The normalized spacial score (nSPS) is 12.1. The molecule has 0 saturated carbocycles. The maximum Gasteiger partial charge on any atom is 0.334 e. The molecule has 0 aliphatic carbocycles. The van der Waals surface area contributed by atoms with Gasteiger partial charge >= 0.3 is 7.60 Å². The first-order valence-electron chi connectivity index (χ1n) is 8.80. The molecule has 0 fully saturated rings. The molecule has 4 heteroatoms. The van der Waals surface area contributed by atoms with E-state index in [2.05, 4.69) is 13.8 Å². The van der Waals surface area contributed by atoms with Crippen LogP contribution in [0.4, 0.5) is 0 Å². The largest absolute Gasteiger partial charge is 0.334 e. The molecule has 130 valence electrons. The molecule has 0 spiro atoms. The smallest absolute Gasteiger partial charge is 0.308 e. The van der Waals surface area contributed by atoms with Crippen LogP contribution in [0.1, 0.15) is 57.9 Å². The summed E-state index contributed by atoms with van der Waals surface area (Å²) in [7, 11) is -3.02. The Morgan fingerprint density at radius 2 is 1.48 bits per heavy atom. The van der Waals surface area contributed by atoms with Gasteiger partial charge in [0.1, 0.15) is 0 Å². The zero-order chi connectivity index (χ0) is 16.8. The average molecular weight is 338 g/mol. The van der Waals surface area contributed by atoms with Gasteiger partial charge in [0.2, 0.25) is 0 Å². The van der Waals surface area contributed by atoms with Gasteiger partial charge in [-0.2, -0.15) is 0 Å². The first-order valence-corrected chi connectivity index (χ1v) is 10.5. The maximum absolute atomic E-state index is 12.8. The van der Waals surface area contributed by atoms with Gasteiger partial charge in [0.05, 0.1) is 19.4 Å². The van der Waals surface area contributed by atoms with Gasteiger partial charge in [-0.05, 0) is 18.4 Å². The van der Waals surface area contributed by atoms with E-state index in [0.29, 0.717) is 19.4 Å². The molecule has 0 aliphatic rings. The summed E-state index contributed by atoms with van der Waals surface area (Å²) in [5, 5.41) is 0. The van der Waals surface area contributed by atoms with E-state index in [9.17, 15) is 4.57 Å². The number of benzene rings is 1. The predicted octanol–water partition coefficient (Wildman–Crippen LogP) is 6.31. The standard InChI is InChI=1S/C19H31O3P/c1-3-5-10-16-21-23(20,22-17-11-6-4-2)18-12-15-19-13-8-7-9-14-19/h7-9,12-15H,3-6,10-11,16-18H2,1-2H3. The van der Waals surface area contributed by atoms with Crippen LogP contribution >= 0.6 is 7.60 Å². The minimum atomic E-state index is -3.02. The van der Waals surface area contributed by atoms with E-state index in [1.165, 1.54) is 0 Å². The van der Waals surface area contributed by atoms with Crippen molar-refractivity contribution in [3.63, 3.8) is 0 Å². The molecule has 0 saturated heterocycles. The molecule has 0 N–H and O–H groups in total. The van der Waals surface area contributed by atoms with Gasteiger partial charge < -0.3 is 9.05 Å². The predicted molar refractivity (Wildman–Crippen MR) is 98.9 cm³/mol. The number of hydrogen-bond donors (Lipinski definition) is 0. The molecule has 0 bridgehead atoms. The summed E-state index contributed by atoms with van der Waals surface area (Å²) in [5.41, 5.74) is 1.09. The van der Waals surface area contributed by atoms with Gasteiger partial charge in [-0.3, -0.25) is 4.57 Å². The quantitative estimate of drug-likeness (QED) is 0.312. The molecular formula is C19H31O3P. The molecule has 0 aliphatic heterocycles. The highest BCUT2D eigenvalue weighted by atomic mass is 31.2. The van der Waals surface area contributed by atoms with Crippen molar-refractivity contribution < 1.29 is 13.6 Å². The van der Waals surface area contributed by atoms with Gasteiger partial charge in [-0.15, -0.1) is 0 Å². The first kappa shape index (κ1) is 20.2. The molecule has 0 amide bonds. The van der Waals surface area contributed by atoms with Crippen molar-refractivity contribution in [2.45, 2.75) is 52.4 Å². The highest BCUT2D eigenvalue weighted by Crippen LogP contribution is 2.48. The van der Waals surface area contributed by atoms with Crippen LogP contribution in [0, 0.1) is 0 Å². The van der Waals surface area contributed by atoms with Crippen molar-refractivity contribution >= 4 is 13.7 Å². The third kappa shape index (κ3) is 9.76. The molecule has 0 heterocycles. The van der Waals surface area contributed by atoms with Crippen LogP contribution in [0.25, 0.3) is 6.08 Å². The van der Waals surface area contributed by atoms with Crippen molar-refractivity contribution in [1.29, 1.82) is 0 Å². The number of hydrogen-bond acceptors (Lipinski definition) is 3. The summed E-state index contributed by atoms with van der Waals surface area (Å²) in [6.07, 6.45) is 10.5. The lowest BCUT2D eigenvalue weighted by Gasteiger charge is -2.17. The minimum absolute atomic E-state index is 0.333. The second kappa shape index (κ2) is 12.5. The fraction of sp³-hybridized carbons (Fsp3) is 0.579. The summed E-state index contributed by atoms with van der Waals surface area (Å²) in [6.45, 7) is 5.31. The topological polar surface area (TPSA) is 35.5 Å². The van der Waals surface area contributed by atoms with Crippen LogP contribution in [0.5, 0.6) is 0 Å². The van der Waals surface area contributed by atoms with Crippen LogP contribution in [-0.4, -0.2) is 19.4 Å². The monoisotopic (exact) mass is 338 g/mol. The van der Waals surface area contributed by atoms with E-state index in [-0.39, 0.29) is 0 Å². The lowest BCUT2D eigenvalue weighted by Crippen LogP contribution is -2.02. The van der Waals surface area contributed by atoms with Crippen LogP contribution in [0.3, 0.4) is 0 Å². The van der Waals surface area contributed by atoms with E-state index in [1.807, 2.05) is 42.5 Å². The fourth-order valence-corrected chi connectivity index (χ4v) is 3.60. The van der Waals surface area contributed by atoms with Gasteiger partial charge in [-0.1, -0.05) is 82.0 Å². The SMILES string of the molecule is CCCCCOP(=O)(CC=Cc1ccccc1)OCCCCC.